The first-order valence-electron chi connectivity index (χ1n) is 7.30. The summed E-state index contributed by atoms with van der Waals surface area (Å²) in [5.41, 5.74) is 1.43. The number of benzene rings is 1. The number of terminal acetylenes is 1. The van der Waals surface area contributed by atoms with Crippen LogP contribution in [0.5, 0.6) is 5.75 Å². The van der Waals surface area contributed by atoms with Gasteiger partial charge in [-0.15, -0.1) is 6.42 Å². The van der Waals surface area contributed by atoms with E-state index in [0.29, 0.717) is 12.6 Å². The summed E-state index contributed by atoms with van der Waals surface area (Å²) in [7, 11) is 0. The van der Waals surface area contributed by atoms with Gasteiger partial charge in [0.25, 0.3) is 0 Å². The molecule has 1 aromatic carbocycles. The molecule has 2 aliphatic rings. The molecule has 0 saturated carbocycles. The summed E-state index contributed by atoms with van der Waals surface area (Å²) in [5, 5.41) is 0. The highest BCUT2D eigenvalue weighted by Crippen LogP contribution is 2.40. The van der Waals surface area contributed by atoms with Crippen LogP contribution in [0.1, 0.15) is 43.7 Å². The molecule has 2 aliphatic heterocycles. The molecule has 1 aromatic rings. The zero-order chi connectivity index (χ0) is 13.1. The Balaban J connectivity index is 1.70. The Kier molecular flexibility index (Phi) is 3.75. The van der Waals surface area contributed by atoms with Crippen LogP contribution in [-0.4, -0.2) is 24.1 Å². The largest absolute Gasteiger partial charge is 0.481 e. The van der Waals surface area contributed by atoms with Crippen molar-refractivity contribution in [3.8, 4) is 18.1 Å². The highest BCUT2D eigenvalue weighted by Gasteiger charge is 2.35. The molecule has 0 radical (unpaired) electrons. The van der Waals surface area contributed by atoms with E-state index in [1.165, 1.54) is 44.2 Å². The average molecular weight is 255 g/mol. The van der Waals surface area contributed by atoms with Crippen molar-refractivity contribution in [1.82, 2.24) is 4.90 Å². The van der Waals surface area contributed by atoms with Gasteiger partial charge in [-0.2, -0.15) is 0 Å². The molecule has 19 heavy (non-hydrogen) atoms. The Bertz CT molecular complexity index is 459. The third-order valence-corrected chi connectivity index (χ3v) is 4.43. The molecular formula is C17H21NO. The second-order valence-electron chi connectivity index (χ2n) is 5.54. The lowest BCUT2D eigenvalue weighted by Gasteiger charge is -2.34. The Morgan fingerprint density at radius 2 is 2.00 bits per heavy atom. The predicted octanol–water partition coefficient (Wildman–Crippen LogP) is 3.39. The zero-order valence-corrected chi connectivity index (χ0v) is 11.3. The van der Waals surface area contributed by atoms with Crippen LogP contribution in [0.4, 0.5) is 0 Å². The molecule has 2 atom stereocenters. The topological polar surface area (TPSA) is 12.5 Å². The first-order valence-corrected chi connectivity index (χ1v) is 7.30. The molecule has 0 unspecified atom stereocenters. The zero-order valence-electron chi connectivity index (χ0n) is 11.3. The summed E-state index contributed by atoms with van der Waals surface area (Å²) in [4.78, 5) is 2.71. The molecule has 0 bridgehead atoms. The van der Waals surface area contributed by atoms with Crippen molar-refractivity contribution in [2.75, 3.05) is 13.2 Å². The van der Waals surface area contributed by atoms with E-state index in [0.717, 1.165) is 11.8 Å². The van der Waals surface area contributed by atoms with Crippen LogP contribution in [0, 0.1) is 12.3 Å². The Morgan fingerprint density at radius 1 is 1.16 bits per heavy atom. The quantitative estimate of drug-likeness (QED) is 0.768. The minimum atomic E-state index is 0.344. The van der Waals surface area contributed by atoms with Gasteiger partial charge >= 0.3 is 0 Å². The van der Waals surface area contributed by atoms with Gasteiger partial charge in [0.15, 0.2) is 0 Å². The molecule has 3 rings (SSSR count). The molecule has 0 aromatic heterocycles. The van der Waals surface area contributed by atoms with Crippen LogP contribution in [0.2, 0.25) is 0 Å². The number of hydrogen-bond acceptors (Lipinski definition) is 2. The van der Waals surface area contributed by atoms with E-state index in [1.54, 1.807) is 0 Å². The molecule has 0 N–H and O–H groups in total. The highest BCUT2D eigenvalue weighted by atomic mass is 16.5. The number of fused-ring (bicyclic) bond motifs is 1. The van der Waals surface area contributed by atoms with E-state index in [-0.39, 0.29) is 0 Å². The van der Waals surface area contributed by atoms with Crippen molar-refractivity contribution in [2.45, 2.75) is 44.2 Å². The van der Waals surface area contributed by atoms with Crippen LogP contribution in [-0.2, 0) is 0 Å². The summed E-state index contributed by atoms with van der Waals surface area (Å²) in [6, 6.07) is 9.94. The molecular weight excluding hydrogens is 234 g/mol. The van der Waals surface area contributed by atoms with Crippen molar-refractivity contribution in [3.05, 3.63) is 29.8 Å². The van der Waals surface area contributed by atoms with Gasteiger partial charge in [-0.3, -0.25) is 4.90 Å². The molecule has 0 amide bonds. The van der Waals surface area contributed by atoms with Gasteiger partial charge in [0.1, 0.15) is 12.4 Å². The van der Waals surface area contributed by atoms with Crippen molar-refractivity contribution in [1.29, 1.82) is 0 Å². The second kappa shape index (κ2) is 5.67. The molecule has 0 spiro atoms. The van der Waals surface area contributed by atoms with Crippen LogP contribution < -0.4 is 4.74 Å². The second-order valence-corrected chi connectivity index (χ2v) is 5.54. The Labute approximate surface area is 115 Å². The van der Waals surface area contributed by atoms with Gasteiger partial charge in [0, 0.05) is 12.1 Å². The normalized spacial score (nSPS) is 26.7. The summed E-state index contributed by atoms with van der Waals surface area (Å²) >= 11 is 0. The van der Waals surface area contributed by atoms with Crippen molar-refractivity contribution in [3.63, 3.8) is 0 Å². The van der Waals surface area contributed by atoms with Gasteiger partial charge in [0.2, 0.25) is 0 Å². The number of hydrogen-bond donors (Lipinski definition) is 0. The molecule has 2 saturated heterocycles. The van der Waals surface area contributed by atoms with Crippen LogP contribution in [0.3, 0.4) is 0 Å². The molecule has 2 heteroatoms. The standard InChI is InChI=1S/C17H21NO/c1-2-13-19-16-9-6-14(7-10-16)17-11-8-15-5-3-4-12-18(15)17/h1,6-7,9-10,15,17H,3-5,8,11-13H2/t15-,17-/m1/s1. The van der Waals surface area contributed by atoms with E-state index in [2.05, 4.69) is 23.0 Å². The maximum Gasteiger partial charge on any atom is 0.148 e. The lowest BCUT2D eigenvalue weighted by molar-refractivity contribution is 0.150. The number of nitrogens with zero attached hydrogens (tertiary/aromatic N) is 1. The van der Waals surface area contributed by atoms with Crippen molar-refractivity contribution in [2.24, 2.45) is 0 Å². The van der Waals surface area contributed by atoms with Crippen molar-refractivity contribution >= 4 is 0 Å². The molecule has 2 nitrogen and oxygen atoms in total. The third-order valence-electron chi connectivity index (χ3n) is 4.43. The third kappa shape index (κ3) is 2.62. The van der Waals surface area contributed by atoms with E-state index >= 15 is 0 Å². The summed E-state index contributed by atoms with van der Waals surface area (Å²) < 4.78 is 5.43. The molecule has 0 aliphatic carbocycles. The maximum atomic E-state index is 5.43. The number of piperidine rings is 1. The summed E-state index contributed by atoms with van der Waals surface area (Å²) in [6.07, 6.45) is 12.0. The van der Waals surface area contributed by atoms with Crippen LogP contribution in [0.25, 0.3) is 0 Å². The highest BCUT2D eigenvalue weighted by molar-refractivity contribution is 5.30. The Morgan fingerprint density at radius 3 is 2.79 bits per heavy atom. The van der Waals surface area contributed by atoms with E-state index in [1.807, 2.05) is 12.1 Å². The number of rotatable bonds is 3. The average Bonchev–Trinajstić information content (AvgIpc) is 2.90. The fraction of sp³-hybridized carbons (Fsp3) is 0.529. The molecule has 100 valence electrons. The molecule has 2 heterocycles. The van der Waals surface area contributed by atoms with E-state index in [9.17, 15) is 0 Å². The Hall–Kier alpha value is -1.46. The van der Waals surface area contributed by atoms with Gasteiger partial charge < -0.3 is 4.74 Å². The fourth-order valence-corrected chi connectivity index (χ4v) is 3.53. The smallest absolute Gasteiger partial charge is 0.148 e. The van der Waals surface area contributed by atoms with E-state index < -0.39 is 0 Å². The molecule has 2 fully saturated rings. The SMILES string of the molecule is C#CCOc1ccc([C@H]2CC[C@H]3CCCCN32)cc1. The summed E-state index contributed by atoms with van der Waals surface area (Å²) in [5.74, 6) is 3.36. The van der Waals surface area contributed by atoms with Gasteiger partial charge in [-0.05, 0) is 49.9 Å². The van der Waals surface area contributed by atoms with E-state index in [4.69, 9.17) is 11.2 Å². The monoisotopic (exact) mass is 255 g/mol. The lowest BCUT2D eigenvalue weighted by atomic mass is 10.0. The number of ether oxygens (including phenoxy) is 1. The fourth-order valence-electron chi connectivity index (χ4n) is 3.53. The minimum absolute atomic E-state index is 0.344. The van der Waals surface area contributed by atoms with Crippen LogP contribution in [0.15, 0.2) is 24.3 Å². The lowest BCUT2D eigenvalue weighted by Crippen LogP contribution is -2.35. The minimum Gasteiger partial charge on any atom is -0.481 e. The first kappa shape index (κ1) is 12.6. The van der Waals surface area contributed by atoms with Gasteiger partial charge in [-0.1, -0.05) is 24.5 Å². The maximum absolute atomic E-state index is 5.43. The van der Waals surface area contributed by atoms with Gasteiger partial charge in [-0.25, -0.2) is 0 Å². The van der Waals surface area contributed by atoms with Crippen LogP contribution >= 0.6 is 0 Å². The first-order chi connectivity index (χ1) is 9.38. The predicted molar refractivity (Wildman–Crippen MR) is 77.1 cm³/mol. The summed E-state index contributed by atoms with van der Waals surface area (Å²) in [6.45, 7) is 1.61. The van der Waals surface area contributed by atoms with Gasteiger partial charge in [0.05, 0.1) is 0 Å². The van der Waals surface area contributed by atoms with Crippen molar-refractivity contribution < 1.29 is 4.74 Å².